The van der Waals surface area contributed by atoms with Crippen LogP contribution in [0.15, 0.2) is 18.2 Å². The summed E-state index contributed by atoms with van der Waals surface area (Å²) in [5, 5.41) is 4.41. The molecule has 1 saturated carbocycles. The lowest BCUT2D eigenvalue weighted by Gasteiger charge is -2.28. The molecule has 0 radical (unpaired) electrons. The fourth-order valence-electron chi connectivity index (χ4n) is 2.57. The SMILES string of the molecule is CCNC(c1ccc(C)c(Cl)c1)C(OCC)C1CC1. The van der Waals surface area contributed by atoms with Gasteiger partial charge in [0.15, 0.2) is 0 Å². The highest BCUT2D eigenvalue weighted by molar-refractivity contribution is 6.31. The van der Waals surface area contributed by atoms with Crippen molar-refractivity contribution in [1.82, 2.24) is 5.32 Å². The van der Waals surface area contributed by atoms with E-state index in [9.17, 15) is 0 Å². The lowest BCUT2D eigenvalue weighted by molar-refractivity contribution is 0.0189. The molecule has 2 atom stereocenters. The van der Waals surface area contributed by atoms with E-state index in [1.165, 1.54) is 18.4 Å². The fraction of sp³-hybridized carbons (Fsp3) is 0.625. The van der Waals surface area contributed by atoms with Crippen molar-refractivity contribution in [3.63, 3.8) is 0 Å². The minimum Gasteiger partial charge on any atom is -0.376 e. The summed E-state index contributed by atoms with van der Waals surface area (Å²) in [5.74, 6) is 0.698. The predicted molar refractivity (Wildman–Crippen MR) is 80.7 cm³/mol. The van der Waals surface area contributed by atoms with Gasteiger partial charge in [0.1, 0.15) is 0 Å². The third kappa shape index (κ3) is 3.71. The summed E-state index contributed by atoms with van der Waals surface area (Å²) in [6.45, 7) is 7.95. The molecule has 1 aliphatic carbocycles. The number of aryl methyl sites for hydroxylation is 1. The van der Waals surface area contributed by atoms with Crippen LogP contribution in [0.5, 0.6) is 0 Å². The second kappa shape index (κ2) is 6.74. The predicted octanol–water partition coefficient (Wildman–Crippen LogP) is 4.11. The van der Waals surface area contributed by atoms with Crippen LogP contribution in [0.1, 0.15) is 43.9 Å². The number of benzene rings is 1. The van der Waals surface area contributed by atoms with E-state index < -0.39 is 0 Å². The molecule has 2 rings (SSSR count). The number of ether oxygens (including phenoxy) is 1. The molecular weight excluding hydrogens is 258 g/mol. The van der Waals surface area contributed by atoms with Crippen molar-refractivity contribution in [2.45, 2.75) is 45.8 Å². The first kappa shape index (κ1) is 14.8. The monoisotopic (exact) mass is 281 g/mol. The van der Waals surface area contributed by atoms with Crippen molar-refractivity contribution in [1.29, 1.82) is 0 Å². The van der Waals surface area contributed by atoms with Gasteiger partial charge in [-0.1, -0.05) is 30.7 Å². The largest absolute Gasteiger partial charge is 0.376 e. The Labute approximate surface area is 121 Å². The summed E-state index contributed by atoms with van der Waals surface area (Å²) < 4.78 is 6.00. The van der Waals surface area contributed by atoms with E-state index in [1.807, 2.05) is 6.92 Å². The molecule has 3 heteroatoms. The van der Waals surface area contributed by atoms with Gasteiger partial charge in [-0.05, 0) is 56.3 Å². The molecule has 2 nitrogen and oxygen atoms in total. The molecule has 0 spiro atoms. The maximum Gasteiger partial charge on any atom is 0.0797 e. The Balaban J connectivity index is 2.23. The highest BCUT2D eigenvalue weighted by Crippen LogP contribution is 2.40. The van der Waals surface area contributed by atoms with Crippen molar-refractivity contribution in [3.05, 3.63) is 34.3 Å². The molecular formula is C16H24ClNO. The van der Waals surface area contributed by atoms with Crippen LogP contribution in [0.4, 0.5) is 0 Å². The maximum atomic E-state index is 6.27. The second-order valence-corrected chi connectivity index (χ2v) is 5.71. The third-order valence-electron chi connectivity index (χ3n) is 3.75. The Kier molecular flexibility index (Phi) is 5.26. The van der Waals surface area contributed by atoms with Crippen LogP contribution in [0.3, 0.4) is 0 Å². The van der Waals surface area contributed by atoms with Crippen LogP contribution >= 0.6 is 11.6 Å². The third-order valence-corrected chi connectivity index (χ3v) is 4.16. The molecule has 0 amide bonds. The standard InChI is InChI=1S/C16H24ClNO/c1-4-18-15(16(19-5-2)12-8-9-12)13-7-6-11(3)14(17)10-13/h6-7,10,12,15-16,18H,4-5,8-9H2,1-3H3. The van der Waals surface area contributed by atoms with E-state index in [0.717, 1.165) is 23.7 Å². The zero-order valence-electron chi connectivity index (χ0n) is 12.1. The molecule has 1 fully saturated rings. The summed E-state index contributed by atoms with van der Waals surface area (Å²) in [4.78, 5) is 0. The molecule has 1 aromatic rings. The Morgan fingerprint density at radius 1 is 1.37 bits per heavy atom. The van der Waals surface area contributed by atoms with Gasteiger partial charge in [-0.2, -0.15) is 0 Å². The van der Waals surface area contributed by atoms with Crippen LogP contribution in [0.25, 0.3) is 0 Å². The Hall–Kier alpha value is -0.570. The number of rotatable bonds is 7. The Morgan fingerprint density at radius 3 is 2.63 bits per heavy atom. The Morgan fingerprint density at radius 2 is 2.11 bits per heavy atom. The minimum atomic E-state index is 0.246. The summed E-state index contributed by atoms with van der Waals surface area (Å²) in [7, 11) is 0. The molecule has 1 N–H and O–H groups in total. The van der Waals surface area contributed by atoms with Gasteiger partial charge in [-0.3, -0.25) is 0 Å². The van der Waals surface area contributed by atoms with E-state index in [-0.39, 0.29) is 12.1 Å². The van der Waals surface area contributed by atoms with Crippen molar-refractivity contribution >= 4 is 11.6 Å². The first-order valence-electron chi connectivity index (χ1n) is 7.28. The number of likely N-dealkylation sites (N-methyl/N-ethyl adjacent to an activating group) is 1. The van der Waals surface area contributed by atoms with E-state index in [0.29, 0.717) is 5.92 Å². The van der Waals surface area contributed by atoms with Crippen molar-refractivity contribution in [2.24, 2.45) is 5.92 Å². The van der Waals surface area contributed by atoms with Crippen molar-refractivity contribution < 1.29 is 4.74 Å². The van der Waals surface area contributed by atoms with Gasteiger partial charge in [0, 0.05) is 11.6 Å². The first-order valence-corrected chi connectivity index (χ1v) is 7.66. The molecule has 2 unspecified atom stereocenters. The quantitative estimate of drug-likeness (QED) is 0.812. The highest BCUT2D eigenvalue weighted by Gasteiger charge is 2.37. The zero-order valence-corrected chi connectivity index (χ0v) is 12.8. The molecule has 0 bridgehead atoms. The van der Waals surface area contributed by atoms with Crippen LogP contribution in [-0.2, 0) is 4.74 Å². The van der Waals surface area contributed by atoms with Gasteiger partial charge in [-0.15, -0.1) is 0 Å². The number of hydrogen-bond acceptors (Lipinski definition) is 2. The number of halogens is 1. The van der Waals surface area contributed by atoms with E-state index in [1.54, 1.807) is 0 Å². The van der Waals surface area contributed by atoms with Crippen LogP contribution in [-0.4, -0.2) is 19.3 Å². The summed E-state index contributed by atoms with van der Waals surface area (Å²) >= 11 is 6.27. The van der Waals surface area contributed by atoms with Crippen LogP contribution in [0, 0.1) is 12.8 Å². The molecule has 19 heavy (non-hydrogen) atoms. The van der Waals surface area contributed by atoms with E-state index >= 15 is 0 Å². The normalized spacial score (nSPS) is 18.3. The van der Waals surface area contributed by atoms with E-state index in [2.05, 4.69) is 37.4 Å². The van der Waals surface area contributed by atoms with Crippen molar-refractivity contribution in [2.75, 3.05) is 13.2 Å². The average Bonchev–Trinajstić information content (AvgIpc) is 3.21. The molecule has 0 aromatic heterocycles. The second-order valence-electron chi connectivity index (χ2n) is 5.30. The number of nitrogens with one attached hydrogen (secondary N) is 1. The number of hydrogen-bond donors (Lipinski definition) is 1. The van der Waals surface area contributed by atoms with Gasteiger partial charge in [-0.25, -0.2) is 0 Å². The molecule has 1 aromatic carbocycles. The first-order chi connectivity index (χ1) is 9.17. The van der Waals surface area contributed by atoms with Gasteiger partial charge in [0.2, 0.25) is 0 Å². The molecule has 106 valence electrons. The van der Waals surface area contributed by atoms with Gasteiger partial charge in [0.05, 0.1) is 12.1 Å². The lowest BCUT2D eigenvalue weighted by Crippen LogP contribution is -2.35. The fourth-order valence-corrected chi connectivity index (χ4v) is 2.76. The average molecular weight is 282 g/mol. The highest BCUT2D eigenvalue weighted by atomic mass is 35.5. The smallest absolute Gasteiger partial charge is 0.0797 e. The van der Waals surface area contributed by atoms with Crippen LogP contribution in [0.2, 0.25) is 5.02 Å². The van der Waals surface area contributed by atoms with Gasteiger partial charge < -0.3 is 10.1 Å². The molecule has 0 heterocycles. The zero-order chi connectivity index (χ0) is 13.8. The molecule has 0 aliphatic heterocycles. The topological polar surface area (TPSA) is 21.3 Å². The summed E-state index contributed by atoms with van der Waals surface area (Å²) in [6, 6.07) is 6.59. The van der Waals surface area contributed by atoms with Gasteiger partial charge >= 0.3 is 0 Å². The minimum absolute atomic E-state index is 0.246. The lowest BCUT2D eigenvalue weighted by atomic mass is 9.97. The Bertz CT molecular complexity index is 417. The summed E-state index contributed by atoms with van der Waals surface area (Å²) in [6.07, 6.45) is 2.84. The molecule has 0 saturated heterocycles. The maximum absolute atomic E-state index is 6.27. The van der Waals surface area contributed by atoms with E-state index in [4.69, 9.17) is 16.3 Å². The molecule has 1 aliphatic rings. The van der Waals surface area contributed by atoms with Gasteiger partial charge in [0.25, 0.3) is 0 Å². The van der Waals surface area contributed by atoms with Crippen LogP contribution < -0.4 is 5.32 Å². The summed E-state index contributed by atoms with van der Waals surface area (Å²) in [5.41, 5.74) is 2.36. The van der Waals surface area contributed by atoms with Crippen molar-refractivity contribution in [3.8, 4) is 0 Å².